The van der Waals surface area contributed by atoms with Crippen molar-refractivity contribution in [1.29, 1.82) is 5.26 Å². The normalized spacial score (nSPS) is 13.8. The quantitative estimate of drug-likeness (QED) is 0.841. The zero-order valence-electron chi connectivity index (χ0n) is 13.0. The first-order valence-electron chi connectivity index (χ1n) is 6.87. The van der Waals surface area contributed by atoms with Crippen molar-refractivity contribution in [3.8, 4) is 11.8 Å². The van der Waals surface area contributed by atoms with Crippen LogP contribution in [0, 0.1) is 17.2 Å². The molecule has 0 saturated heterocycles. The summed E-state index contributed by atoms with van der Waals surface area (Å²) in [6.07, 6.45) is -4.74. The number of nitrogens with zero attached hydrogens (tertiary/aromatic N) is 1. The lowest BCUT2D eigenvalue weighted by Crippen LogP contribution is -2.50. The first-order valence-corrected chi connectivity index (χ1v) is 6.87. The zero-order valence-corrected chi connectivity index (χ0v) is 13.0. The number of carbonyl (C=O) groups is 1. The molecule has 0 aliphatic heterocycles. The molecule has 2 N–H and O–H groups in total. The summed E-state index contributed by atoms with van der Waals surface area (Å²) in [5, 5.41) is 14.5. The van der Waals surface area contributed by atoms with E-state index in [9.17, 15) is 18.0 Å². The van der Waals surface area contributed by atoms with Gasteiger partial charge in [-0.15, -0.1) is 13.2 Å². The Balaban J connectivity index is 2.55. The van der Waals surface area contributed by atoms with Crippen molar-refractivity contribution in [3.63, 3.8) is 0 Å². The van der Waals surface area contributed by atoms with Crippen LogP contribution in [0.15, 0.2) is 24.3 Å². The van der Waals surface area contributed by atoms with Crippen LogP contribution in [-0.2, 0) is 4.79 Å². The van der Waals surface area contributed by atoms with Crippen LogP contribution in [0.2, 0.25) is 0 Å². The summed E-state index contributed by atoms with van der Waals surface area (Å²) in [5.41, 5.74) is -0.527. The van der Waals surface area contributed by atoms with Crippen molar-refractivity contribution in [2.75, 3.05) is 11.9 Å². The number of benzene rings is 1. The van der Waals surface area contributed by atoms with Crippen molar-refractivity contribution in [3.05, 3.63) is 24.3 Å². The van der Waals surface area contributed by atoms with Gasteiger partial charge >= 0.3 is 6.36 Å². The van der Waals surface area contributed by atoms with Crippen LogP contribution in [-0.4, -0.2) is 24.4 Å². The standard InChI is InChI=1S/C15H18F3N3O2/c1-10(2)14(3,9-19)21-13(22)8-20-11-4-6-12(7-5-11)23-15(16,17)18/h4-7,10,20H,8H2,1-3H3,(H,21,22)/t14-/m1/s1. The summed E-state index contributed by atoms with van der Waals surface area (Å²) in [7, 11) is 0. The second-order valence-electron chi connectivity index (χ2n) is 5.44. The van der Waals surface area contributed by atoms with Crippen molar-refractivity contribution < 1.29 is 22.7 Å². The van der Waals surface area contributed by atoms with Gasteiger partial charge in [-0.25, -0.2) is 0 Å². The van der Waals surface area contributed by atoms with E-state index in [1.54, 1.807) is 6.92 Å². The summed E-state index contributed by atoms with van der Waals surface area (Å²) in [6.45, 7) is 5.15. The number of carbonyl (C=O) groups excluding carboxylic acids is 1. The number of anilines is 1. The lowest BCUT2D eigenvalue weighted by atomic mass is 9.90. The maximum atomic E-state index is 12.0. The number of nitrogens with one attached hydrogen (secondary N) is 2. The number of nitriles is 1. The first-order chi connectivity index (χ1) is 10.6. The molecule has 1 rings (SSSR count). The van der Waals surface area contributed by atoms with Gasteiger partial charge in [-0.1, -0.05) is 13.8 Å². The minimum absolute atomic E-state index is 0.0738. The fourth-order valence-electron chi connectivity index (χ4n) is 1.59. The Kier molecular flexibility index (Phi) is 5.85. The topological polar surface area (TPSA) is 74.2 Å². The van der Waals surface area contributed by atoms with E-state index in [0.29, 0.717) is 5.69 Å². The Bertz CT molecular complexity index is 579. The molecular formula is C15H18F3N3O2. The molecule has 0 saturated carbocycles. The molecule has 0 aromatic heterocycles. The number of hydrogen-bond acceptors (Lipinski definition) is 4. The smallest absolute Gasteiger partial charge is 0.406 e. The van der Waals surface area contributed by atoms with Gasteiger partial charge < -0.3 is 15.4 Å². The fraction of sp³-hybridized carbons (Fsp3) is 0.467. The highest BCUT2D eigenvalue weighted by atomic mass is 19.4. The Morgan fingerprint density at radius 2 is 1.87 bits per heavy atom. The van der Waals surface area contributed by atoms with Gasteiger partial charge in [0, 0.05) is 5.69 Å². The molecule has 0 heterocycles. The Hall–Kier alpha value is -2.43. The zero-order chi connectivity index (χ0) is 17.7. The van der Waals surface area contributed by atoms with E-state index in [1.807, 2.05) is 13.8 Å². The predicted molar refractivity (Wildman–Crippen MR) is 78.6 cm³/mol. The third-order valence-electron chi connectivity index (χ3n) is 3.33. The number of alkyl halides is 3. The van der Waals surface area contributed by atoms with Crippen LogP contribution < -0.4 is 15.4 Å². The van der Waals surface area contributed by atoms with Gasteiger partial charge in [0.25, 0.3) is 0 Å². The molecule has 1 aromatic carbocycles. The first kappa shape index (κ1) is 18.6. The molecule has 0 unspecified atom stereocenters. The monoisotopic (exact) mass is 329 g/mol. The van der Waals surface area contributed by atoms with E-state index in [0.717, 1.165) is 12.1 Å². The van der Waals surface area contributed by atoms with Gasteiger partial charge in [0.2, 0.25) is 5.91 Å². The molecule has 1 amide bonds. The van der Waals surface area contributed by atoms with Crippen molar-refractivity contribution in [2.45, 2.75) is 32.7 Å². The number of hydrogen-bond donors (Lipinski definition) is 2. The van der Waals surface area contributed by atoms with Crippen LogP contribution in [0.4, 0.5) is 18.9 Å². The number of amides is 1. The number of rotatable bonds is 6. The van der Waals surface area contributed by atoms with Gasteiger partial charge in [-0.2, -0.15) is 5.26 Å². The maximum absolute atomic E-state index is 12.0. The molecule has 0 spiro atoms. The Morgan fingerprint density at radius 3 is 2.30 bits per heavy atom. The molecule has 23 heavy (non-hydrogen) atoms. The average molecular weight is 329 g/mol. The van der Waals surface area contributed by atoms with Crippen LogP contribution in [0.25, 0.3) is 0 Å². The van der Waals surface area contributed by atoms with Crippen LogP contribution >= 0.6 is 0 Å². The fourth-order valence-corrected chi connectivity index (χ4v) is 1.59. The molecular weight excluding hydrogens is 311 g/mol. The average Bonchev–Trinajstić information content (AvgIpc) is 2.44. The van der Waals surface area contributed by atoms with E-state index >= 15 is 0 Å². The molecule has 1 atom stereocenters. The molecule has 8 heteroatoms. The summed E-state index contributed by atoms with van der Waals surface area (Å²) in [6, 6.07) is 7.06. The van der Waals surface area contributed by atoms with Gasteiger partial charge in [0.15, 0.2) is 0 Å². The van der Waals surface area contributed by atoms with Crippen molar-refractivity contribution in [2.24, 2.45) is 5.92 Å². The molecule has 0 aliphatic rings. The lowest BCUT2D eigenvalue weighted by molar-refractivity contribution is -0.274. The van der Waals surface area contributed by atoms with E-state index in [1.165, 1.54) is 12.1 Å². The van der Waals surface area contributed by atoms with Crippen molar-refractivity contribution in [1.82, 2.24) is 5.32 Å². The molecule has 0 aliphatic carbocycles. The highest BCUT2D eigenvalue weighted by Gasteiger charge is 2.31. The Labute approximate surface area is 132 Å². The van der Waals surface area contributed by atoms with Gasteiger partial charge in [-0.3, -0.25) is 4.79 Å². The minimum atomic E-state index is -4.74. The van der Waals surface area contributed by atoms with Crippen LogP contribution in [0.1, 0.15) is 20.8 Å². The van der Waals surface area contributed by atoms with Crippen LogP contribution in [0.3, 0.4) is 0 Å². The second kappa shape index (κ2) is 7.22. The molecule has 126 valence electrons. The summed E-state index contributed by atoms with van der Waals surface area (Å²) >= 11 is 0. The van der Waals surface area contributed by atoms with Gasteiger partial charge in [0.1, 0.15) is 11.3 Å². The van der Waals surface area contributed by atoms with Crippen LogP contribution in [0.5, 0.6) is 5.75 Å². The molecule has 0 radical (unpaired) electrons. The summed E-state index contributed by atoms with van der Waals surface area (Å²) in [5.74, 6) is -0.807. The second-order valence-corrected chi connectivity index (χ2v) is 5.44. The SMILES string of the molecule is CC(C)[C@@](C)(C#N)NC(=O)CNc1ccc(OC(F)(F)F)cc1. The highest BCUT2D eigenvalue weighted by molar-refractivity contribution is 5.81. The molecule has 1 aromatic rings. The van der Waals surface area contributed by atoms with Gasteiger partial charge in [0.05, 0.1) is 12.6 Å². The molecule has 5 nitrogen and oxygen atoms in total. The highest BCUT2D eigenvalue weighted by Crippen LogP contribution is 2.23. The lowest BCUT2D eigenvalue weighted by Gasteiger charge is -2.27. The number of halogens is 3. The van der Waals surface area contributed by atoms with E-state index in [-0.39, 0.29) is 18.2 Å². The minimum Gasteiger partial charge on any atom is -0.406 e. The Morgan fingerprint density at radius 1 is 1.30 bits per heavy atom. The third kappa shape index (κ3) is 6.06. The van der Waals surface area contributed by atoms with Gasteiger partial charge in [-0.05, 0) is 37.1 Å². The van der Waals surface area contributed by atoms with E-state index < -0.39 is 17.8 Å². The van der Waals surface area contributed by atoms with Crippen molar-refractivity contribution >= 4 is 11.6 Å². The summed E-state index contributed by atoms with van der Waals surface area (Å²) < 4.78 is 39.9. The maximum Gasteiger partial charge on any atom is 0.573 e. The number of ether oxygens (including phenoxy) is 1. The van der Waals surface area contributed by atoms with E-state index in [4.69, 9.17) is 5.26 Å². The third-order valence-corrected chi connectivity index (χ3v) is 3.33. The largest absolute Gasteiger partial charge is 0.573 e. The predicted octanol–water partition coefficient (Wildman–Crippen LogP) is 3.05. The molecule has 0 fully saturated rings. The van der Waals surface area contributed by atoms with E-state index in [2.05, 4.69) is 21.4 Å². The summed E-state index contributed by atoms with van der Waals surface area (Å²) in [4.78, 5) is 11.9. The molecule has 0 bridgehead atoms.